The standard InChI is InChI=1S/C7H14O2S/c1-2-3-4-5-6-7-10(8)9/h7H,2-6H2,1H3. The number of hydrogen-bond acceptors (Lipinski definition) is 2. The van der Waals surface area contributed by atoms with E-state index in [0.29, 0.717) is 6.42 Å². The molecule has 3 heteroatoms. The maximum absolute atomic E-state index is 9.98. The third-order valence-electron chi connectivity index (χ3n) is 1.31. The zero-order valence-electron chi connectivity index (χ0n) is 6.34. The third kappa shape index (κ3) is 7.69. The predicted octanol–water partition coefficient (Wildman–Crippen LogP) is 1.64. The van der Waals surface area contributed by atoms with Crippen LogP contribution in [0.1, 0.15) is 39.0 Å². The first-order chi connectivity index (χ1) is 4.77. The van der Waals surface area contributed by atoms with Crippen LogP contribution in [0.5, 0.6) is 0 Å². The van der Waals surface area contributed by atoms with Crippen LogP contribution in [0.4, 0.5) is 0 Å². The van der Waals surface area contributed by atoms with Crippen molar-refractivity contribution in [2.75, 3.05) is 0 Å². The van der Waals surface area contributed by atoms with Crippen molar-refractivity contribution in [2.45, 2.75) is 39.0 Å². The number of rotatable bonds is 5. The largest absolute Gasteiger partial charge is 0.209 e. The lowest BCUT2D eigenvalue weighted by Crippen LogP contribution is -1.78. The molecule has 0 saturated carbocycles. The van der Waals surface area contributed by atoms with Gasteiger partial charge >= 0.3 is 0 Å². The van der Waals surface area contributed by atoms with Crippen molar-refractivity contribution >= 4 is 15.7 Å². The second-order valence-corrected chi connectivity index (χ2v) is 3.13. The maximum Gasteiger partial charge on any atom is 0.209 e. The molecule has 0 aromatic rings. The van der Waals surface area contributed by atoms with Gasteiger partial charge in [-0.15, -0.1) is 0 Å². The quantitative estimate of drug-likeness (QED) is 0.455. The van der Waals surface area contributed by atoms with E-state index in [2.05, 4.69) is 6.92 Å². The van der Waals surface area contributed by atoms with Crippen molar-refractivity contribution in [3.05, 3.63) is 0 Å². The molecule has 0 aliphatic rings. The van der Waals surface area contributed by atoms with E-state index in [1.54, 1.807) is 0 Å². The molecule has 2 nitrogen and oxygen atoms in total. The highest BCUT2D eigenvalue weighted by molar-refractivity contribution is 7.71. The first kappa shape index (κ1) is 9.69. The lowest BCUT2D eigenvalue weighted by molar-refractivity contribution is 0.626. The van der Waals surface area contributed by atoms with E-state index in [1.165, 1.54) is 18.2 Å². The Kier molecular flexibility index (Phi) is 6.59. The Morgan fingerprint density at radius 2 is 1.90 bits per heavy atom. The molecule has 0 amide bonds. The lowest BCUT2D eigenvalue weighted by atomic mass is 10.2. The summed E-state index contributed by atoms with van der Waals surface area (Å²) in [7, 11) is -1.95. The van der Waals surface area contributed by atoms with Crippen molar-refractivity contribution < 1.29 is 8.42 Å². The molecule has 60 valence electrons. The minimum Gasteiger partial charge on any atom is -0.185 e. The van der Waals surface area contributed by atoms with Gasteiger partial charge in [0.05, 0.1) is 0 Å². The Hall–Kier alpha value is -0.310. The van der Waals surface area contributed by atoms with Crippen molar-refractivity contribution in [1.82, 2.24) is 0 Å². The smallest absolute Gasteiger partial charge is 0.185 e. The first-order valence-electron chi connectivity index (χ1n) is 3.68. The molecule has 10 heavy (non-hydrogen) atoms. The van der Waals surface area contributed by atoms with Crippen molar-refractivity contribution in [3.63, 3.8) is 0 Å². The van der Waals surface area contributed by atoms with Gasteiger partial charge in [-0.2, -0.15) is 8.42 Å². The first-order valence-corrected chi connectivity index (χ1v) is 4.82. The average molecular weight is 162 g/mol. The Morgan fingerprint density at radius 1 is 1.20 bits per heavy atom. The predicted molar refractivity (Wildman–Crippen MR) is 43.7 cm³/mol. The second-order valence-electron chi connectivity index (χ2n) is 2.28. The van der Waals surface area contributed by atoms with Gasteiger partial charge in [0.2, 0.25) is 10.3 Å². The van der Waals surface area contributed by atoms with Gasteiger partial charge in [-0.25, -0.2) is 0 Å². The fourth-order valence-corrected chi connectivity index (χ4v) is 1.11. The van der Waals surface area contributed by atoms with Crippen LogP contribution >= 0.6 is 0 Å². The van der Waals surface area contributed by atoms with E-state index in [9.17, 15) is 8.42 Å². The van der Waals surface area contributed by atoms with E-state index in [0.717, 1.165) is 12.8 Å². The van der Waals surface area contributed by atoms with E-state index in [1.807, 2.05) is 0 Å². The van der Waals surface area contributed by atoms with Crippen LogP contribution in [0.15, 0.2) is 0 Å². The van der Waals surface area contributed by atoms with E-state index >= 15 is 0 Å². The summed E-state index contributed by atoms with van der Waals surface area (Å²) in [5, 5.41) is 1.33. The third-order valence-corrected chi connectivity index (χ3v) is 1.82. The molecule has 0 aromatic heterocycles. The summed E-state index contributed by atoms with van der Waals surface area (Å²) in [5.41, 5.74) is 0. The molecule has 0 heterocycles. The molecule has 0 rings (SSSR count). The molecule has 0 N–H and O–H groups in total. The fourth-order valence-electron chi connectivity index (χ4n) is 0.751. The molecule has 0 unspecified atom stereocenters. The van der Waals surface area contributed by atoms with Crippen LogP contribution in [0.3, 0.4) is 0 Å². The Morgan fingerprint density at radius 3 is 2.40 bits per heavy atom. The van der Waals surface area contributed by atoms with Crippen molar-refractivity contribution in [3.8, 4) is 0 Å². The highest BCUT2D eigenvalue weighted by atomic mass is 32.2. The summed E-state index contributed by atoms with van der Waals surface area (Å²) in [4.78, 5) is 0. The SMILES string of the molecule is CCCCCCC=S(=O)=O. The van der Waals surface area contributed by atoms with Gasteiger partial charge in [-0.05, 0) is 12.8 Å². The number of unbranched alkanes of at least 4 members (excludes halogenated alkanes) is 4. The van der Waals surface area contributed by atoms with Crippen LogP contribution in [0.25, 0.3) is 0 Å². The van der Waals surface area contributed by atoms with Crippen LogP contribution in [0, 0.1) is 0 Å². The summed E-state index contributed by atoms with van der Waals surface area (Å²) in [6, 6.07) is 0. The molecule has 0 bridgehead atoms. The average Bonchev–Trinajstić information content (AvgIpc) is 1.87. The maximum atomic E-state index is 9.98. The van der Waals surface area contributed by atoms with Crippen LogP contribution < -0.4 is 0 Å². The van der Waals surface area contributed by atoms with E-state index < -0.39 is 10.3 Å². The summed E-state index contributed by atoms with van der Waals surface area (Å²) in [5.74, 6) is 0. The van der Waals surface area contributed by atoms with Gasteiger partial charge in [0.15, 0.2) is 0 Å². The molecule has 0 radical (unpaired) electrons. The fraction of sp³-hybridized carbons (Fsp3) is 0.857. The van der Waals surface area contributed by atoms with Crippen molar-refractivity contribution in [1.29, 1.82) is 0 Å². The minimum atomic E-state index is -1.95. The zero-order chi connectivity index (χ0) is 7.82. The zero-order valence-corrected chi connectivity index (χ0v) is 7.15. The molecule has 0 saturated heterocycles. The molecule has 0 aliphatic heterocycles. The van der Waals surface area contributed by atoms with Gasteiger partial charge in [-0.1, -0.05) is 26.2 Å². The highest BCUT2D eigenvalue weighted by Gasteiger charge is 1.84. The van der Waals surface area contributed by atoms with Gasteiger partial charge in [0, 0.05) is 5.37 Å². The lowest BCUT2D eigenvalue weighted by Gasteiger charge is -1.91. The van der Waals surface area contributed by atoms with Crippen LogP contribution in [0.2, 0.25) is 0 Å². The Bertz CT molecular complexity index is 172. The molecule has 0 spiro atoms. The Labute approximate surface area is 63.8 Å². The molecule has 0 aromatic carbocycles. The molecular formula is C7H14O2S. The number of hydrogen-bond donors (Lipinski definition) is 0. The van der Waals surface area contributed by atoms with Crippen molar-refractivity contribution in [2.24, 2.45) is 0 Å². The normalized spacial score (nSPS) is 9.30. The molecule has 0 fully saturated rings. The minimum absolute atomic E-state index is 0.704. The molecule has 0 aliphatic carbocycles. The monoisotopic (exact) mass is 162 g/mol. The van der Waals surface area contributed by atoms with E-state index in [4.69, 9.17) is 0 Å². The summed E-state index contributed by atoms with van der Waals surface area (Å²) in [6.07, 6.45) is 5.25. The molecular weight excluding hydrogens is 148 g/mol. The summed E-state index contributed by atoms with van der Waals surface area (Å²) >= 11 is 0. The Balaban J connectivity index is 3.14. The van der Waals surface area contributed by atoms with Crippen LogP contribution in [-0.4, -0.2) is 13.8 Å². The highest BCUT2D eigenvalue weighted by Crippen LogP contribution is 1.99. The topological polar surface area (TPSA) is 34.1 Å². The van der Waals surface area contributed by atoms with Gasteiger partial charge in [0.1, 0.15) is 0 Å². The summed E-state index contributed by atoms with van der Waals surface area (Å²) in [6.45, 7) is 2.13. The molecule has 0 atom stereocenters. The van der Waals surface area contributed by atoms with Gasteiger partial charge < -0.3 is 0 Å². The van der Waals surface area contributed by atoms with Gasteiger partial charge in [0.25, 0.3) is 0 Å². The van der Waals surface area contributed by atoms with Crippen LogP contribution in [-0.2, 0) is 10.3 Å². The summed E-state index contributed by atoms with van der Waals surface area (Å²) < 4.78 is 20.0. The van der Waals surface area contributed by atoms with E-state index in [-0.39, 0.29) is 0 Å². The van der Waals surface area contributed by atoms with Gasteiger partial charge in [-0.3, -0.25) is 0 Å². The second kappa shape index (κ2) is 6.81.